The molecule has 0 saturated heterocycles. The quantitative estimate of drug-likeness (QED) is 0.839. The molecule has 23 heavy (non-hydrogen) atoms. The molecule has 1 aromatic heterocycles. The zero-order valence-corrected chi connectivity index (χ0v) is 14.8. The zero-order chi connectivity index (χ0) is 16.3. The number of sulfonamides is 1. The maximum Gasteiger partial charge on any atom is 0.240 e. The summed E-state index contributed by atoms with van der Waals surface area (Å²) in [6, 6.07) is 8.37. The Morgan fingerprint density at radius 1 is 1.17 bits per heavy atom. The number of hydrogen-bond acceptors (Lipinski definition) is 7. The molecule has 9 heteroatoms. The molecule has 1 fully saturated rings. The van der Waals surface area contributed by atoms with Gasteiger partial charge in [0.1, 0.15) is 0 Å². The summed E-state index contributed by atoms with van der Waals surface area (Å²) in [7, 11) is -3.50. The van der Waals surface area contributed by atoms with Gasteiger partial charge in [-0.2, -0.15) is 0 Å². The van der Waals surface area contributed by atoms with Crippen LogP contribution >= 0.6 is 23.1 Å². The molecule has 2 atom stereocenters. The molecule has 1 aromatic carbocycles. The van der Waals surface area contributed by atoms with Crippen LogP contribution < -0.4 is 10.5 Å². The summed E-state index contributed by atoms with van der Waals surface area (Å²) in [5, 5.41) is 8.43. The van der Waals surface area contributed by atoms with Crippen molar-refractivity contribution >= 4 is 38.3 Å². The van der Waals surface area contributed by atoms with E-state index in [-0.39, 0.29) is 11.3 Å². The van der Waals surface area contributed by atoms with Crippen LogP contribution in [0.4, 0.5) is 5.13 Å². The zero-order valence-electron chi connectivity index (χ0n) is 12.4. The molecule has 0 bridgehead atoms. The Balaban J connectivity index is 1.74. The first-order valence-electron chi connectivity index (χ1n) is 7.37. The van der Waals surface area contributed by atoms with Gasteiger partial charge in [-0.1, -0.05) is 54.1 Å². The maximum atomic E-state index is 12.5. The summed E-state index contributed by atoms with van der Waals surface area (Å²) >= 11 is 2.91. The Bertz CT molecular complexity index is 748. The van der Waals surface area contributed by atoms with E-state index in [9.17, 15) is 8.42 Å². The number of nitrogen functional groups attached to an aromatic ring is 1. The second-order valence-corrected chi connectivity index (χ2v) is 9.60. The average Bonchev–Trinajstić information content (AvgIpc) is 2.95. The SMILES string of the molecule is Nc1nnc(SC2CCCCC2NS(=O)(=O)c2ccccc2)s1. The fourth-order valence-corrected chi connectivity index (χ4v) is 6.22. The van der Waals surface area contributed by atoms with Crippen LogP contribution in [0, 0.1) is 0 Å². The topological polar surface area (TPSA) is 98.0 Å². The Labute approximate surface area is 143 Å². The molecule has 0 radical (unpaired) electrons. The molecule has 124 valence electrons. The van der Waals surface area contributed by atoms with Gasteiger partial charge in [-0.15, -0.1) is 10.2 Å². The van der Waals surface area contributed by atoms with E-state index < -0.39 is 10.0 Å². The molecule has 1 saturated carbocycles. The third-order valence-corrected chi connectivity index (χ3v) is 7.48. The lowest BCUT2D eigenvalue weighted by Crippen LogP contribution is -2.43. The van der Waals surface area contributed by atoms with E-state index in [0.29, 0.717) is 10.0 Å². The van der Waals surface area contributed by atoms with Crippen molar-refractivity contribution in [2.75, 3.05) is 5.73 Å². The molecule has 3 rings (SSSR count). The van der Waals surface area contributed by atoms with E-state index in [1.54, 1.807) is 42.1 Å². The highest BCUT2D eigenvalue weighted by molar-refractivity contribution is 8.01. The minimum Gasteiger partial charge on any atom is -0.374 e. The standard InChI is InChI=1S/C14H18N4O2S3/c15-13-16-17-14(22-13)21-12-9-5-4-8-11(12)18-23(19,20)10-6-2-1-3-7-10/h1-3,6-7,11-12,18H,4-5,8-9H2,(H2,15,16). The number of hydrogen-bond donors (Lipinski definition) is 2. The largest absolute Gasteiger partial charge is 0.374 e. The van der Waals surface area contributed by atoms with E-state index in [4.69, 9.17) is 5.73 Å². The van der Waals surface area contributed by atoms with Crippen LogP contribution in [0.15, 0.2) is 39.6 Å². The minimum atomic E-state index is -3.50. The summed E-state index contributed by atoms with van der Waals surface area (Å²) in [5.74, 6) is 0. The molecule has 2 unspecified atom stereocenters. The van der Waals surface area contributed by atoms with E-state index >= 15 is 0 Å². The van der Waals surface area contributed by atoms with Gasteiger partial charge >= 0.3 is 0 Å². The average molecular weight is 371 g/mol. The van der Waals surface area contributed by atoms with Crippen LogP contribution in [0.25, 0.3) is 0 Å². The fraction of sp³-hybridized carbons (Fsp3) is 0.429. The normalized spacial score (nSPS) is 22.1. The highest BCUT2D eigenvalue weighted by atomic mass is 32.2. The third kappa shape index (κ3) is 4.23. The molecule has 0 aliphatic heterocycles. The van der Waals surface area contributed by atoms with Crippen molar-refractivity contribution in [1.82, 2.24) is 14.9 Å². The van der Waals surface area contributed by atoms with Crippen molar-refractivity contribution in [3.8, 4) is 0 Å². The number of nitrogens with zero attached hydrogens (tertiary/aromatic N) is 2. The van der Waals surface area contributed by atoms with Gasteiger partial charge in [-0.25, -0.2) is 13.1 Å². The predicted octanol–water partition coefficient (Wildman–Crippen LogP) is 2.50. The predicted molar refractivity (Wildman–Crippen MR) is 93.0 cm³/mol. The minimum absolute atomic E-state index is 0.107. The van der Waals surface area contributed by atoms with Gasteiger partial charge in [-0.3, -0.25) is 0 Å². The first kappa shape index (κ1) is 16.7. The van der Waals surface area contributed by atoms with E-state index in [1.165, 1.54) is 11.3 Å². The van der Waals surface area contributed by atoms with Crippen LogP contribution in [-0.4, -0.2) is 29.9 Å². The van der Waals surface area contributed by atoms with Crippen molar-refractivity contribution in [3.05, 3.63) is 30.3 Å². The molecule has 6 nitrogen and oxygen atoms in total. The van der Waals surface area contributed by atoms with E-state index in [1.807, 2.05) is 0 Å². The maximum absolute atomic E-state index is 12.5. The van der Waals surface area contributed by atoms with Gasteiger partial charge in [0.15, 0.2) is 4.34 Å². The lowest BCUT2D eigenvalue weighted by molar-refractivity contribution is 0.423. The Hall–Kier alpha value is -1.16. The third-order valence-electron chi connectivity index (χ3n) is 3.74. The monoisotopic (exact) mass is 370 g/mol. The molecule has 1 heterocycles. The van der Waals surface area contributed by atoms with Gasteiger partial charge in [0.05, 0.1) is 4.90 Å². The number of benzene rings is 1. The first-order valence-corrected chi connectivity index (χ1v) is 10.6. The molecule has 2 aromatic rings. The fourth-order valence-electron chi connectivity index (χ4n) is 2.64. The van der Waals surface area contributed by atoms with Crippen molar-refractivity contribution in [3.63, 3.8) is 0 Å². The van der Waals surface area contributed by atoms with Gasteiger partial charge in [0.2, 0.25) is 15.2 Å². The number of nitrogens with one attached hydrogen (secondary N) is 1. The van der Waals surface area contributed by atoms with Gasteiger partial charge < -0.3 is 5.73 Å². The number of aromatic nitrogens is 2. The number of nitrogens with two attached hydrogens (primary N) is 1. The Kier molecular flexibility index (Phi) is 5.20. The van der Waals surface area contributed by atoms with Gasteiger partial charge in [0.25, 0.3) is 0 Å². The molecule has 0 spiro atoms. The summed E-state index contributed by atoms with van der Waals surface area (Å²) in [5.41, 5.74) is 5.62. The van der Waals surface area contributed by atoms with Crippen LogP contribution in [0.3, 0.4) is 0 Å². The second kappa shape index (κ2) is 7.16. The van der Waals surface area contributed by atoms with E-state index in [0.717, 1.165) is 30.0 Å². The van der Waals surface area contributed by atoms with Crippen LogP contribution in [0.1, 0.15) is 25.7 Å². The van der Waals surface area contributed by atoms with Crippen LogP contribution in [0.5, 0.6) is 0 Å². The van der Waals surface area contributed by atoms with Crippen molar-refractivity contribution in [2.45, 2.75) is 46.2 Å². The number of rotatable bonds is 5. The van der Waals surface area contributed by atoms with Gasteiger partial charge in [0, 0.05) is 11.3 Å². The molecule has 0 amide bonds. The summed E-state index contributed by atoms with van der Waals surface area (Å²) < 4.78 is 28.7. The Morgan fingerprint density at radius 3 is 2.61 bits per heavy atom. The van der Waals surface area contributed by atoms with Crippen molar-refractivity contribution < 1.29 is 8.42 Å². The molecular weight excluding hydrogens is 352 g/mol. The first-order chi connectivity index (χ1) is 11.0. The highest BCUT2D eigenvalue weighted by Crippen LogP contribution is 2.36. The van der Waals surface area contributed by atoms with Gasteiger partial charge in [-0.05, 0) is 25.0 Å². The molecule has 3 N–H and O–H groups in total. The number of anilines is 1. The lowest BCUT2D eigenvalue weighted by atomic mass is 9.96. The summed E-state index contributed by atoms with van der Waals surface area (Å²) in [6.45, 7) is 0. The molecule has 1 aliphatic carbocycles. The van der Waals surface area contributed by atoms with Crippen molar-refractivity contribution in [1.29, 1.82) is 0 Å². The van der Waals surface area contributed by atoms with Crippen LogP contribution in [0.2, 0.25) is 0 Å². The van der Waals surface area contributed by atoms with E-state index in [2.05, 4.69) is 14.9 Å². The molecular formula is C14H18N4O2S3. The second-order valence-electron chi connectivity index (χ2n) is 5.39. The highest BCUT2D eigenvalue weighted by Gasteiger charge is 2.31. The summed E-state index contributed by atoms with van der Waals surface area (Å²) in [6.07, 6.45) is 3.90. The van der Waals surface area contributed by atoms with Crippen molar-refractivity contribution in [2.24, 2.45) is 0 Å². The number of thioether (sulfide) groups is 1. The lowest BCUT2D eigenvalue weighted by Gasteiger charge is -2.30. The Morgan fingerprint density at radius 2 is 1.91 bits per heavy atom. The molecule has 1 aliphatic rings. The smallest absolute Gasteiger partial charge is 0.240 e. The van der Waals surface area contributed by atoms with Crippen LogP contribution in [-0.2, 0) is 10.0 Å². The summed E-state index contributed by atoms with van der Waals surface area (Å²) in [4.78, 5) is 0.300.